The van der Waals surface area contributed by atoms with Crippen molar-refractivity contribution < 1.29 is 3.07 Å². The van der Waals surface area contributed by atoms with E-state index >= 15 is 0 Å². The molecule has 0 aromatic rings. The third kappa shape index (κ3) is 10.8. The molecule has 0 bridgehead atoms. The molecule has 66 valence electrons. The van der Waals surface area contributed by atoms with Crippen LogP contribution in [0.15, 0.2) is 0 Å². The van der Waals surface area contributed by atoms with Gasteiger partial charge >= 0.3 is 84.5 Å². The second-order valence-electron chi connectivity index (χ2n) is 2.99. The van der Waals surface area contributed by atoms with Gasteiger partial charge in [-0.3, -0.25) is 0 Å². The van der Waals surface area contributed by atoms with E-state index in [-0.39, 0.29) is 0 Å². The first kappa shape index (κ1) is 11.8. The minimum atomic E-state index is 0.965. The molecule has 0 aromatic carbocycles. The number of unbranched alkanes of at least 4 members (excludes halogenated alkanes) is 6. The van der Waals surface area contributed by atoms with Gasteiger partial charge in [0.15, 0.2) is 0 Å². The summed E-state index contributed by atoms with van der Waals surface area (Å²) in [5.41, 5.74) is 0. The van der Waals surface area contributed by atoms with Crippen LogP contribution >= 0.6 is 0 Å². The summed E-state index contributed by atoms with van der Waals surface area (Å²) in [4.78, 5) is 0. The number of rotatable bonds is 8. The van der Waals surface area contributed by atoms with Gasteiger partial charge in [-0.1, -0.05) is 0 Å². The Bertz CT molecular complexity index is 58.6. The van der Waals surface area contributed by atoms with Crippen LogP contribution in [0.1, 0.15) is 51.9 Å². The van der Waals surface area contributed by atoms with Crippen molar-refractivity contribution >= 4 is 22.9 Å². The van der Waals surface area contributed by atoms with Crippen molar-refractivity contribution in [1.29, 1.82) is 0 Å². The zero-order valence-electron chi connectivity index (χ0n) is 7.64. The average Bonchev–Trinajstić information content (AvgIpc) is 2.03. The Balaban J connectivity index is 2.69. The molecular formula is C9H20OSn. The van der Waals surface area contributed by atoms with Crippen molar-refractivity contribution in [3.05, 3.63) is 0 Å². The molecule has 0 atom stereocenters. The topological polar surface area (TPSA) is 9.23 Å². The normalized spacial score (nSPS) is 10.4. The summed E-state index contributed by atoms with van der Waals surface area (Å²) in [5.74, 6) is 0. The summed E-state index contributed by atoms with van der Waals surface area (Å²) in [6.07, 6.45) is 9.66. The Morgan fingerprint density at radius 1 is 0.909 bits per heavy atom. The van der Waals surface area contributed by atoms with Crippen LogP contribution in [-0.2, 0) is 3.07 Å². The van der Waals surface area contributed by atoms with E-state index in [4.69, 9.17) is 3.07 Å². The van der Waals surface area contributed by atoms with Gasteiger partial charge in [-0.25, -0.2) is 0 Å². The Morgan fingerprint density at radius 2 is 1.45 bits per heavy atom. The summed E-state index contributed by atoms with van der Waals surface area (Å²) < 4.78 is 5.10. The molecule has 0 aromatic heterocycles. The average molecular weight is 263 g/mol. The van der Waals surface area contributed by atoms with Crippen LogP contribution in [0.4, 0.5) is 0 Å². The van der Waals surface area contributed by atoms with Crippen LogP contribution in [0.5, 0.6) is 0 Å². The van der Waals surface area contributed by atoms with E-state index in [1.807, 2.05) is 0 Å². The molecule has 0 aliphatic rings. The molecule has 0 saturated carbocycles. The van der Waals surface area contributed by atoms with Crippen LogP contribution < -0.4 is 0 Å². The number of hydrogen-bond donors (Lipinski definition) is 0. The van der Waals surface area contributed by atoms with Crippen LogP contribution in [-0.4, -0.2) is 29.5 Å². The Morgan fingerprint density at radius 3 is 2.00 bits per heavy atom. The maximum absolute atomic E-state index is 5.10. The van der Waals surface area contributed by atoms with Crippen LogP contribution in [0.25, 0.3) is 0 Å². The SMILES string of the molecule is CCCCCCCCC[O][SnH]. The number of hydrogen-bond acceptors (Lipinski definition) is 1. The molecule has 0 saturated heterocycles. The monoisotopic (exact) mass is 264 g/mol. The fourth-order valence-corrected chi connectivity index (χ4v) is 1.62. The van der Waals surface area contributed by atoms with Crippen molar-refractivity contribution in [1.82, 2.24) is 0 Å². The quantitative estimate of drug-likeness (QED) is 0.483. The van der Waals surface area contributed by atoms with Gasteiger partial charge in [-0.2, -0.15) is 0 Å². The zero-order chi connectivity index (χ0) is 8.36. The summed E-state index contributed by atoms with van der Waals surface area (Å²) in [6.45, 7) is 3.26. The first-order valence-electron chi connectivity index (χ1n) is 4.73. The molecule has 1 nitrogen and oxygen atoms in total. The molecule has 0 N–H and O–H groups in total. The van der Waals surface area contributed by atoms with E-state index in [2.05, 4.69) is 6.92 Å². The summed E-state index contributed by atoms with van der Waals surface area (Å²) in [5, 5.41) is 0. The predicted octanol–water partition coefficient (Wildman–Crippen LogP) is 2.57. The molecule has 0 amide bonds. The van der Waals surface area contributed by atoms with Crippen molar-refractivity contribution in [3.63, 3.8) is 0 Å². The molecule has 0 aliphatic carbocycles. The van der Waals surface area contributed by atoms with Crippen molar-refractivity contribution in [3.8, 4) is 0 Å². The minimum absolute atomic E-state index is 0.965. The zero-order valence-corrected chi connectivity index (χ0v) is 10.9. The van der Waals surface area contributed by atoms with Gasteiger partial charge in [0, 0.05) is 0 Å². The van der Waals surface area contributed by atoms with Crippen LogP contribution in [0, 0.1) is 0 Å². The van der Waals surface area contributed by atoms with Gasteiger partial charge in [-0.05, 0) is 0 Å². The van der Waals surface area contributed by atoms with E-state index in [0.717, 1.165) is 29.5 Å². The molecule has 0 heterocycles. The third-order valence-electron chi connectivity index (χ3n) is 1.87. The molecule has 0 aliphatic heterocycles. The van der Waals surface area contributed by atoms with E-state index in [1.165, 1.54) is 44.9 Å². The molecule has 0 spiro atoms. The fourth-order valence-electron chi connectivity index (χ4n) is 1.14. The van der Waals surface area contributed by atoms with Gasteiger partial charge in [0.1, 0.15) is 0 Å². The molecule has 2 heteroatoms. The molecule has 2 radical (unpaired) electrons. The van der Waals surface area contributed by atoms with E-state index in [1.54, 1.807) is 0 Å². The van der Waals surface area contributed by atoms with Crippen LogP contribution in [0.3, 0.4) is 0 Å². The fraction of sp³-hybridized carbons (Fsp3) is 1.00. The summed E-state index contributed by atoms with van der Waals surface area (Å²) >= 11 is 0.965. The van der Waals surface area contributed by atoms with E-state index < -0.39 is 0 Å². The van der Waals surface area contributed by atoms with Crippen molar-refractivity contribution in [2.75, 3.05) is 6.61 Å². The van der Waals surface area contributed by atoms with Crippen molar-refractivity contribution in [2.24, 2.45) is 0 Å². The Kier molecular flexibility index (Phi) is 11.5. The molecule has 11 heavy (non-hydrogen) atoms. The molecule has 0 unspecified atom stereocenters. The molecule has 0 rings (SSSR count). The third-order valence-corrected chi connectivity index (χ3v) is 2.54. The standard InChI is InChI=1S/C9H19O.Sn.H/c1-2-3-4-5-6-7-8-9-10;;/h2-9H2,1H3;;/q-1;+1;. The first-order chi connectivity index (χ1) is 5.41. The van der Waals surface area contributed by atoms with Gasteiger partial charge in [0.2, 0.25) is 0 Å². The summed E-state index contributed by atoms with van der Waals surface area (Å²) in [7, 11) is 0. The van der Waals surface area contributed by atoms with Gasteiger partial charge in [-0.15, -0.1) is 0 Å². The molecular weight excluding hydrogens is 243 g/mol. The Hall–Kier alpha value is 0.759. The molecule has 0 fully saturated rings. The predicted molar refractivity (Wildman–Crippen MR) is 51.1 cm³/mol. The van der Waals surface area contributed by atoms with Crippen LogP contribution in [0.2, 0.25) is 0 Å². The van der Waals surface area contributed by atoms with Gasteiger partial charge in [0.05, 0.1) is 0 Å². The van der Waals surface area contributed by atoms with Gasteiger partial charge < -0.3 is 0 Å². The van der Waals surface area contributed by atoms with E-state index in [0.29, 0.717) is 0 Å². The second-order valence-corrected chi connectivity index (χ2v) is 3.94. The van der Waals surface area contributed by atoms with Gasteiger partial charge in [0.25, 0.3) is 0 Å². The van der Waals surface area contributed by atoms with E-state index in [9.17, 15) is 0 Å². The Labute approximate surface area is 84.5 Å². The summed E-state index contributed by atoms with van der Waals surface area (Å²) in [6, 6.07) is 0. The second kappa shape index (κ2) is 10.8. The van der Waals surface area contributed by atoms with Crippen molar-refractivity contribution in [2.45, 2.75) is 51.9 Å². The first-order valence-corrected chi connectivity index (χ1v) is 6.08. The maximum atomic E-state index is 5.10.